The van der Waals surface area contributed by atoms with E-state index in [-0.39, 0.29) is 5.97 Å². The van der Waals surface area contributed by atoms with Crippen LogP contribution in [0.2, 0.25) is 5.02 Å². The number of thiazole rings is 1. The van der Waals surface area contributed by atoms with Crippen LogP contribution in [0.15, 0.2) is 30.5 Å². The van der Waals surface area contributed by atoms with Crippen LogP contribution in [0.5, 0.6) is 0 Å². The van der Waals surface area contributed by atoms with Crippen LogP contribution in [0.3, 0.4) is 0 Å². The van der Waals surface area contributed by atoms with Crippen molar-refractivity contribution in [3.8, 4) is 10.4 Å². The zero-order chi connectivity index (χ0) is 12.3. The molecule has 0 bridgehead atoms. The van der Waals surface area contributed by atoms with E-state index < -0.39 is 0 Å². The molecule has 0 aliphatic rings. The second-order valence-corrected chi connectivity index (χ2v) is 4.73. The lowest BCUT2D eigenvalue weighted by molar-refractivity contribution is 0.0526. The lowest BCUT2D eigenvalue weighted by atomic mass is 10.2. The van der Waals surface area contributed by atoms with Crippen molar-refractivity contribution in [2.75, 3.05) is 6.61 Å². The zero-order valence-electron chi connectivity index (χ0n) is 9.14. The molecule has 0 N–H and O–H groups in total. The van der Waals surface area contributed by atoms with Crippen molar-refractivity contribution < 1.29 is 9.53 Å². The Morgan fingerprint density at radius 3 is 3.06 bits per heavy atom. The second kappa shape index (κ2) is 5.29. The molecule has 0 radical (unpaired) electrons. The number of halogens is 1. The number of esters is 1. The van der Waals surface area contributed by atoms with Gasteiger partial charge in [0.1, 0.15) is 0 Å². The zero-order valence-corrected chi connectivity index (χ0v) is 10.7. The van der Waals surface area contributed by atoms with Crippen molar-refractivity contribution in [2.45, 2.75) is 6.92 Å². The summed E-state index contributed by atoms with van der Waals surface area (Å²) in [6.45, 7) is 2.12. The second-order valence-electron chi connectivity index (χ2n) is 3.26. The third-order valence-electron chi connectivity index (χ3n) is 2.06. The van der Waals surface area contributed by atoms with Crippen molar-refractivity contribution in [3.05, 3.63) is 40.5 Å². The van der Waals surface area contributed by atoms with Gasteiger partial charge in [0, 0.05) is 11.2 Å². The van der Waals surface area contributed by atoms with Crippen molar-refractivity contribution in [1.29, 1.82) is 0 Å². The molecule has 1 aromatic carbocycles. The fourth-order valence-electron chi connectivity index (χ4n) is 1.34. The van der Waals surface area contributed by atoms with Crippen molar-refractivity contribution in [2.24, 2.45) is 0 Å². The first-order valence-electron chi connectivity index (χ1n) is 5.09. The van der Waals surface area contributed by atoms with E-state index in [0.29, 0.717) is 16.6 Å². The number of hydrogen-bond donors (Lipinski definition) is 0. The number of carbonyl (C=O) groups excluding carboxylic acids is 1. The van der Waals surface area contributed by atoms with Crippen molar-refractivity contribution >= 4 is 28.9 Å². The fourth-order valence-corrected chi connectivity index (χ4v) is 2.33. The van der Waals surface area contributed by atoms with Gasteiger partial charge in [-0.05, 0) is 24.6 Å². The molecule has 2 aromatic rings. The van der Waals surface area contributed by atoms with E-state index in [2.05, 4.69) is 4.98 Å². The standard InChI is InChI=1S/C12H10ClNO2S/c1-2-16-12(15)11-14-7-10(17-11)8-4-3-5-9(13)6-8/h3-7H,2H2,1H3. The van der Waals surface area contributed by atoms with Crippen LogP contribution >= 0.6 is 22.9 Å². The monoisotopic (exact) mass is 267 g/mol. The Bertz CT molecular complexity index is 539. The van der Waals surface area contributed by atoms with Crippen molar-refractivity contribution in [1.82, 2.24) is 4.98 Å². The molecule has 1 aromatic heterocycles. The topological polar surface area (TPSA) is 39.2 Å². The number of aromatic nitrogens is 1. The van der Waals surface area contributed by atoms with Gasteiger partial charge in [-0.3, -0.25) is 0 Å². The Balaban J connectivity index is 2.27. The minimum atomic E-state index is -0.384. The van der Waals surface area contributed by atoms with Gasteiger partial charge in [0.05, 0.1) is 11.5 Å². The predicted molar refractivity (Wildman–Crippen MR) is 68.5 cm³/mol. The average molecular weight is 268 g/mol. The highest BCUT2D eigenvalue weighted by Crippen LogP contribution is 2.28. The van der Waals surface area contributed by atoms with E-state index >= 15 is 0 Å². The number of ether oxygens (including phenoxy) is 1. The molecule has 0 aliphatic heterocycles. The summed E-state index contributed by atoms with van der Waals surface area (Å²) >= 11 is 7.20. The maximum atomic E-state index is 11.5. The maximum Gasteiger partial charge on any atom is 0.367 e. The summed E-state index contributed by atoms with van der Waals surface area (Å²) in [7, 11) is 0. The number of benzene rings is 1. The van der Waals surface area contributed by atoms with Gasteiger partial charge in [0.15, 0.2) is 0 Å². The molecule has 0 saturated heterocycles. The van der Waals surface area contributed by atoms with Gasteiger partial charge in [-0.25, -0.2) is 9.78 Å². The summed E-state index contributed by atoms with van der Waals surface area (Å²) in [4.78, 5) is 16.4. The van der Waals surface area contributed by atoms with Crippen molar-refractivity contribution in [3.63, 3.8) is 0 Å². The Morgan fingerprint density at radius 2 is 2.35 bits per heavy atom. The minimum absolute atomic E-state index is 0.352. The molecule has 0 unspecified atom stereocenters. The summed E-state index contributed by atoms with van der Waals surface area (Å²) < 4.78 is 4.88. The molecule has 88 valence electrons. The van der Waals surface area contributed by atoms with E-state index in [1.165, 1.54) is 11.3 Å². The van der Waals surface area contributed by atoms with Gasteiger partial charge in [-0.1, -0.05) is 23.7 Å². The lowest BCUT2D eigenvalue weighted by Gasteiger charge is -1.97. The van der Waals surface area contributed by atoms with Crippen LogP contribution in [-0.4, -0.2) is 17.6 Å². The van der Waals surface area contributed by atoms with Crippen LogP contribution in [0.1, 0.15) is 16.7 Å². The van der Waals surface area contributed by atoms with Gasteiger partial charge in [-0.15, -0.1) is 11.3 Å². The maximum absolute atomic E-state index is 11.5. The predicted octanol–water partition coefficient (Wildman–Crippen LogP) is 3.64. The molecule has 2 rings (SSSR count). The van der Waals surface area contributed by atoms with Crippen LogP contribution in [0.4, 0.5) is 0 Å². The third kappa shape index (κ3) is 2.84. The molecular formula is C12H10ClNO2S. The van der Waals surface area contributed by atoms with E-state index in [0.717, 1.165) is 10.4 Å². The van der Waals surface area contributed by atoms with E-state index in [1.807, 2.05) is 18.2 Å². The van der Waals surface area contributed by atoms with E-state index in [1.54, 1.807) is 19.2 Å². The highest BCUT2D eigenvalue weighted by molar-refractivity contribution is 7.16. The first-order valence-corrected chi connectivity index (χ1v) is 6.29. The molecular weight excluding hydrogens is 258 g/mol. The number of nitrogens with zero attached hydrogens (tertiary/aromatic N) is 1. The number of rotatable bonds is 3. The van der Waals surface area contributed by atoms with Gasteiger partial charge in [-0.2, -0.15) is 0 Å². The Morgan fingerprint density at radius 1 is 1.53 bits per heavy atom. The summed E-state index contributed by atoms with van der Waals surface area (Å²) in [6, 6.07) is 7.43. The number of hydrogen-bond acceptors (Lipinski definition) is 4. The molecule has 0 fully saturated rings. The SMILES string of the molecule is CCOC(=O)c1ncc(-c2cccc(Cl)c2)s1. The number of carbonyl (C=O) groups is 1. The van der Waals surface area contributed by atoms with Crippen LogP contribution in [0.25, 0.3) is 10.4 Å². The smallest absolute Gasteiger partial charge is 0.367 e. The average Bonchev–Trinajstić information content (AvgIpc) is 2.78. The highest BCUT2D eigenvalue weighted by atomic mass is 35.5. The Hall–Kier alpha value is -1.39. The van der Waals surface area contributed by atoms with Gasteiger partial charge in [0.2, 0.25) is 5.01 Å². The van der Waals surface area contributed by atoms with Gasteiger partial charge < -0.3 is 4.74 Å². The first-order chi connectivity index (χ1) is 8.20. The van der Waals surface area contributed by atoms with Gasteiger partial charge in [0.25, 0.3) is 0 Å². The van der Waals surface area contributed by atoms with E-state index in [9.17, 15) is 4.79 Å². The summed E-state index contributed by atoms with van der Waals surface area (Å²) in [6.07, 6.45) is 1.66. The summed E-state index contributed by atoms with van der Waals surface area (Å²) in [5.41, 5.74) is 0.950. The summed E-state index contributed by atoms with van der Waals surface area (Å²) in [5, 5.41) is 1.02. The Kier molecular flexibility index (Phi) is 3.76. The molecule has 0 saturated carbocycles. The highest BCUT2D eigenvalue weighted by Gasteiger charge is 2.12. The molecule has 0 spiro atoms. The van der Waals surface area contributed by atoms with Crippen LogP contribution in [-0.2, 0) is 4.74 Å². The van der Waals surface area contributed by atoms with Crippen LogP contribution in [0, 0.1) is 0 Å². The lowest BCUT2D eigenvalue weighted by Crippen LogP contribution is -2.03. The molecule has 0 aliphatic carbocycles. The van der Waals surface area contributed by atoms with E-state index in [4.69, 9.17) is 16.3 Å². The molecule has 5 heteroatoms. The van der Waals surface area contributed by atoms with Crippen LogP contribution < -0.4 is 0 Å². The molecule has 0 amide bonds. The normalized spacial score (nSPS) is 10.2. The fraction of sp³-hybridized carbons (Fsp3) is 0.167. The quantitative estimate of drug-likeness (QED) is 0.797. The first kappa shape index (κ1) is 12.1. The Labute approximate surface area is 108 Å². The minimum Gasteiger partial charge on any atom is -0.461 e. The molecule has 0 atom stereocenters. The van der Waals surface area contributed by atoms with Gasteiger partial charge >= 0.3 is 5.97 Å². The molecule has 3 nitrogen and oxygen atoms in total. The largest absolute Gasteiger partial charge is 0.461 e. The third-order valence-corrected chi connectivity index (χ3v) is 3.33. The summed E-state index contributed by atoms with van der Waals surface area (Å²) in [5.74, 6) is -0.384. The molecule has 1 heterocycles. The molecule has 17 heavy (non-hydrogen) atoms.